The summed E-state index contributed by atoms with van der Waals surface area (Å²) in [6.45, 7) is 11.7. The summed E-state index contributed by atoms with van der Waals surface area (Å²) in [5.41, 5.74) is 2.70. The second kappa shape index (κ2) is 11.4. The van der Waals surface area contributed by atoms with Gasteiger partial charge in [0.15, 0.2) is 5.82 Å². The van der Waals surface area contributed by atoms with E-state index in [1.807, 2.05) is 52.0 Å². The molecule has 2 amide bonds. The molecule has 4 rings (SSSR count). The third-order valence-electron chi connectivity index (χ3n) is 5.66. The number of nitrogens with zero attached hydrogens (tertiary/aromatic N) is 3. The summed E-state index contributed by atoms with van der Waals surface area (Å²) < 4.78 is 11.6. The number of carbonyl (C=O) groups is 1. The van der Waals surface area contributed by atoms with Crippen LogP contribution >= 0.6 is 0 Å². The first-order valence-electron chi connectivity index (χ1n) is 11.7. The lowest BCUT2D eigenvalue weighted by atomic mass is 9.96. The predicted octanol–water partition coefficient (Wildman–Crippen LogP) is 3.28. The lowest BCUT2D eigenvalue weighted by molar-refractivity contribution is -0.0410. The minimum Gasteiger partial charge on any atom is -0.396 e. The third kappa shape index (κ3) is 5.61. The second-order valence-electron chi connectivity index (χ2n) is 7.85. The maximum absolute atomic E-state index is 11.8. The Morgan fingerprint density at radius 2 is 1.88 bits per heavy atom. The van der Waals surface area contributed by atoms with Crippen LogP contribution in [0.5, 0.6) is 0 Å². The van der Waals surface area contributed by atoms with Gasteiger partial charge in [-0.1, -0.05) is 13.8 Å². The molecule has 33 heavy (non-hydrogen) atoms. The van der Waals surface area contributed by atoms with Crippen molar-refractivity contribution in [1.29, 1.82) is 0 Å². The van der Waals surface area contributed by atoms with E-state index in [4.69, 9.17) is 19.4 Å². The van der Waals surface area contributed by atoms with E-state index in [2.05, 4.69) is 15.5 Å². The number of morpholine rings is 1. The lowest BCUT2D eigenvalue weighted by Gasteiger charge is -2.30. The maximum atomic E-state index is 11.8. The predicted molar refractivity (Wildman–Crippen MR) is 128 cm³/mol. The van der Waals surface area contributed by atoms with Crippen molar-refractivity contribution >= 4 is 17.5 Å². The van der Waals surface area contributed by atoms with Crippen molar-refractivity contribution in [1.82, 2.24) is 15.3 Å². The number of urea groups is 1. The van der Waals surface area contributed by atoms with Crippen LogP contribution < -0.4 is 15.5 Å². The van der Waals surface area contributed by atoms with Gasteiger partial charge < -0.3 is 30.1 Å². The van der Waals surface area contributed by atoms with E-state index in [0.29, 0.717) is 44.3 Å². The number of nitrogens with one attached hydrogen (secondary N) is 2. The number of hydrogen-bond acceptors (Lipinski definition) is 7. The molecule has 0 bridgehead atoms. The van der Waals surface area contributed by atoms with Gasteiger partial charge in [-0.25, -0.2) is 14.8 Å². The molecule has 0 radical (unpaired) electrons. The molecule has 2 aliphatic rings. The average Bonchev–Trinajstić information content (AvgIpc) is 3.17. The summed E-state index contributed by atoms with van der Waals surface area (Å²) in [4.78, 5) is 23.7. The molecule has 1 aromatic carbocycles. The van der Waals surface area contributed by atoms with Crippen LogP contribution in [0.3, 0.4) is 0 Å². The van der Waals surface area contributed by atoms with Crippen LogP contribution in [-0.2, 0) is 21.7 Å². The maximum Gasteiger partial charge on any atom is 0.319 e. The van der Waals surface area contributed by atoms with Gasteiger partial charge in [0.2, 0.25) is 0 Å². The molecule has 0 spiro atoms. The summed E-state index contributed by atoms with van der Waals surface area (Å²) in [6.07, 6.45) is 0.467. The normalized spacial score (nSPS) is 19.4. The van der Waals surface area contributed by atoms with Crippen LogP contribution in [0.4, 0.5) is 16.3 Å². The third-order valence-corrected chi connectivity index (χ3v) is 5.66. The minimum absolute atomic E-state index is 0.0162. The van der Waals surface area contributed by atoms with Gasteiger partial charge in [-0.3, -0.25) is 0 Å². The van der Waals surface area contributed by atoms with Crippen LogP contribution in [0.15, 0.2) is 24.3 Å². The topological polar surface area (TPSA) is 109 Å². The van der Waals surface area contributed by atoms with Crippen LogP contribution in [-0.4, -0.2) is 60.6 Å². The Hall–Kier alpha value is -2.75. The van der Waals surface area contributed by atoms with Gasteiger partial charge >= 0.3 is 6.03 Å². The number of aromatic nitrogens is 2. The molecule has 0 aliphatic carbocycles. The number of rotatable bonds is 6. The molecule has 9 nitrogen and oxygen atoms in total. The molecule has 2 aromatic rings. The van der Waals surface area contributed by atoms with Crippen LogP contribution in [0.1, 0.15) is 45.4 Å². The van der Waals surface area contributed by atoms with Gasteiger partial charge in [0, 0.05) is 49.5 Å². The number of benzene rings is 1. The zero-order valence-electron chi connectivity index (χ0n) is 20.0. The van der Waals surface area contributed by atoms with Crippen molar-refractivity contribution < 1.29 is 19.4 Å². The molecule has 180 valence electrons. The monoisotopic (exact) mass is 457 g/mol. The number of amides is 2. The van der Waals surface area contributed by atoms with E-state index in [1.54, 1.807) is 0 Å². The van der Waals surface area contributed by atoms with Gasteiger partial charge in [0.25, 0.3) is 0 Å². The highest BCUT2D eigenvalue weighted by Crippen LogP contribution is 2.42. The molecule has 1 aromatic heterocycles. The summed E-state index contributed by atoms with van der Waals surface area (Å²) >= 11 is 0. The molecule has 3 heterocycles. The second-order valence-corrected chi connectivity index (χ2v) is 7.85. The summed E-state index contributed by atoms with van der Waals surface area (Å²) in [5, 5.41) is 15.1. The number of aliphatic hydroxyl groups excluding tert-OH is 1. The van der Waals surface area contributed by atoms with Crippen molar-refractivity contribution in [3.63, 3.8) is 0 Å². The highest BCUT2D eigenvalue weighted by atomic mass is 16.5. The van der Waals surface area contributed by atoms with Gasteiger partial charge in [0.1, 0.15) is 11.4 Å². The number of aliphatic hydroxyl groups is 1. The standard InChI is InChI=1S/C22H29N5O4.C2H6/c1-3-23-21(29)24-16-6-4-15(5-7-16)19-25-18-17(14-31-22(18,2)8-11-28)20(26-19)27-9-12-30-13-10-27;1-2/h4-7,28H,3,8-14H2,1-2H3,(H2,23,24,29);1-2H3. The largest absolute Gasteiger partial charge is 0.396 e. The number of anilines is 2. The smallest absolute Gasteiger partial charge is 0.319 e. The molecule has 3 N–H and O–H groups in total. The van der Waals surface area contributed by atoms with E-state index in [9.17, 15) is 9.90 Å². The SMILES string of the molecule is CC.CCNC(=O)Nc1ccc(-c2nc(N3CCOCC3)c3c(n2)C(C)(CCO)OC3)cc1. The summed E-state index contributed by atoms with van der Waals surface area (Å²) in [6, 6.07) is 7.21. The van der Waals surface area contributed by atoms with E-state index >= 15 is 0 Å². The van der Waals surface area contributed by atoms with Crippen molar-refractivity contribution in [2.45, 2.75) is 46.3 Å². The minimum atomic E-state index is -0.650. The quantitative estimate of drug-likeness (QED) is 0.611. The van der Waals surface area contributed by atoms with Crippen LogP contribution in [0.2, 0.25) is 0 Å². The van der Waals surface area contributed by atoms with Gasteiger partial charge in [-0.2, -0.15) is 0 Å². The number of hydrogen-bond donors (Lipinski definition) is 3. The molecule has 1 fully saturated rings. The lowest BCUT2D eigenvalue weighted by Crippen LogP contribution is -2.37. The first-order chi connectivity index (χ1) is 16.0. The highest BCUT2D eigenvalue weighted by molar-refractivity contribution is 5.89. The molecule has 1 saturated heterocycles. The van der Waals surface area contributed by atoms with Crippen molar-refractivity contribution in [3.8, 4) is 11.4 Å². The Labute approximate surface area is 195 Å². The molecule has 1 unspecified atom stereocenters. The van der Waals surface area contributed by atoms with Crippen molar-refractivity contribution in [2.75, 3.05) is 49.7 Å². The van der Waals surface area contributed by atoms with Crippen LogP contribution in [0.25, 0.3) is 11.4 Å². The Morgan fingerprint density at radius 1 is 1.18 bits per heavy atom. The van der Waals surface area contributed by atoms with E-state index < -0.39 is 5.60 Å². The van der Waals surface area contributed by atoms with E-state index in [-0.39, 0.29) is 12.6 Å². The van der Waals surface area contributed by atoms with Gasteiger partial charge in [-0.15, -0.1) is 0 Å². The first kappa shape index (κ1) is 24.9. The van der Waals surface area contributed by atoms with Crippen molar-refractivity contribution in [3.05, 3.63) is 35.5 Å². The fourth-order valence-corrected chi connectivity index (χ4v) is 3.95. The fraction of sp³-hybridized carbons (Fsp3) is 0.542. The Bertz CT molecular complexity index is 931. The number of fused-ring (bicyclic) bond motifs is 1. The molecule has 0 saturated carbocycles. The zero-order valence-corrected chi connectivity index (χ0v) is 20.0. The Morgan fingerprint density at radius 3 is 2.52 bits per heavy atom. The van der Waals surface area contributed by atoms with Crippen molar-refractivity contribution in [2.24, 2.45) is 0 Å². The summed E-state index contributed by atoms with van der Waals surface area (Å²) in [7, 11) is 0. The molecule has 2 aliphatic heterocycles. The van der Waals surface area contributed by atoms with Gasteiger partial charge in [0.05, 0.1) is 25.5 Å². The molecule has 1 atom stereocenters. The highest BCUT2D eigenvalue weighted by Gasteiger charge is 2.40. The Kier molecular flexibility index (Phi) is 8.60. The molecule has 9 heteroatoms. The first-order valence-corrected chi connectivity index (χ1v) is 11.7. The zero-order chi connectivity index (χ0) is 23.8. The molecular weight excluding hydrogens is 422 g/mol. The van der Waals surface area contributed by atoms with Gasteiger partial charge in [-0.05, 0) is 38.1 Å². The molecular formula is C24H35N5O4. The average molecular weight is 458 g/mol. The number of ether oxygens (including phenoxy) is 2. The van der Waals surface area contributed by atoms with E-state index in [0.717, 1.165) is 35.7 Å². The van der Waals surface area contributed by atoms with E-state index in [1.165, 1.54) is 0 Å². The van der Waals surface area contributed by atoms with Crippen LogP contribution in [0, 0.1) is 0 Å². The number of carbonyl (C=O) groups excluding carboxylic acids is 1. The Balaban J connectivity index is 0.00000149. The fourth-order valence-electron chi connectivity index (χ4n) is 3.95. The summed E-state index contributed by atoms with van der Waals surface area (Å²) in [5.74, 6) is 1.47.